The molecule has 6 heteroatoms. The number of carbonyl (C=O) groups is 4. The maximum atomic E-state index is 13.5. The molecular formula is C30H25NO5. The van der Waals surface area contributed by atoms with Crippen LogP contribution < -0.4 is 4.90 Å². The zero-order valence-electron chi connectivity index (χ0n) is 19.6. The molecule has 1 saturated heterocycles. The van der Waals surface area contributed by atoms with E-state index in [1.807, 2.05) is 18.2 Å². The van der Waals surface area contributed by atoms with Crippen molar-refractivity contribution < 1.29 is 23.9 Å². The number of anilines is 1. The molecule has 1 aliphatic heterocycles. The van der Waals surface area contributed by atoms with Crippen LogP contribution in [0.25, 0.3) is 0 Å². The number of ketones is 1. The van der Waals surface area contributed by atoms with Gasteiger partial charge in [-0.05, 0) is 60.4 Å². The molecular weight excluding hydrogens is 454 g/mol. The molecule has 0 aromatic heterocycles. The van der Waals surface area contributed by atoms with E-state index in [2.05, 4.69) is 12.1 Å². The first-order valence-corrected chi connectivity index (χ1v) is 12.3. The number of hydrogen-bond donors (Lipinski definition) is 0. The Kier molecular flexibility index (Phi) is 5.52. The van der Waals surface area contributed by atoms with E-state index >= 15 is 0 Å². The number of esters is 1. The number of benzene rings is 3. The number of fused-ring (bicyclic) bond motifs is 5. The van der Waals surface area contributed by atoms with Crippen LogP contribution >= 0.6 is 0 Å². The van der Waals surface area contributed by atoms with Crippen LogP contribution in [0.3, 0.4) is 0 Å². The summed E-state index contributed by atoms with van der Waals surface area (Å²) in [5.41, 5.74) is 2.44. The third-order valence-electron chi connectivity index (χ3n) is 8.03. The van der Waals surface area contributed by atoms with E-state index in [1.54, 1.807) is 42.5 Å². The Hall–Kier alpha value is -4.06. The maximum Gasteiger partial charge on any atom is 0.338 e. The largest absolute Gasteiger partial charge is 0.454 e. The smallest absolute Gasteiger partial charge is 0.338 e. The number of rotatable bonds is 6. The minimum atomic E-state index is -0.634. The highest BCUT2D eigenvalue weighted by Crippen LogP contribution is 2.61. The number of amides is 2. The van der Waals surface area contributed by atoms with Gasteiger partial charge in [-0.2, -0.15) is 0 Å². The van der Waals surface area contributed by atoms with E-state index < -0.39 is 5.97 Å². The SMILES string of the molecule is O=C(COC(=O)c1ccc(N2C(=O)[C@@H]3[C@@H]4C[C@@H]([C@@H]3C2=O)[C@@H](c2ccccc2)C4)cc1)c1ccccc1. The molecule has 0 unspecified atom stereocenters. The monoisotopic (exact) mass is 479 g/mol. The normalized spacial score (nSPS) is 26.2. The average Bonchev–Trinajstić information content (AvgIpc) is 3.59. The molecule has 0 spiro atoms. The lowest BCUT2D eigenvalue weighted by atomic mass is 9.73. The van der Waals surface area contributed by atoms with Crippen LogP contribution in [0.1, 0.15) is 45.0 Å². The first-order valence-electron chi connectivity index (χ1n) is 12.3. The van der Waals surface area contributed by atoms with Crippen molar-refractivity contribution in [2.75, 3.05) is 11.5 Å². The Morgan fingerprint density at radius 3 is 2.08 bits per heavy atom. The third kappa shape index (κ3) is 3.65. The molecule has 3 aliphatic rings. The number of ether oxygens (including phenoxy) is 1. The van der Waals surface area contributed by atoms with Crippen LogP contribution in [0.4, 0.5) is 5.69 Å². The van der Waals surface area contributed by atoms with Crippen LogP contribution in [0.5, 0.6) is 0 Å². The first kappa shape index (κ1) is 22.4. The van der Waals surface area contributed by atoms with Crippen molar-refractivity contribution in [3.05, 3.63) is 102 Å². The van der Waals surface area contributed by atoms with Gasteiger partial charge in [-0.15, -0.1) is 0 Å². The Balaban J connectivity index is 1.14. The number of carbonyl (C=O) groups excluding carboxylic acids is 4. The molecule has 2 bridgehead atoms. The molecule has 2 saturated carbocycles. The van der Waals surface area contributed by atoms with Crippen molar-refractivity contribution in [2.45, 2.75) is 18.8 Å². The van der Waals surface area contributed by atoms with Crippen LogP contribution in [0.15, 0.2) is 84.9 Å². The van der Waals surface area contributed by atoms with E-state index in [1.165, 1.54) is 22.6 Å². The molecule has 3 aromatic rings. The van der Waals surface area contributed by atoms with E-state index in [-0.39, 0.29) is 53.4 Å². The summed E-state index contributed by atoms with van der Waals surface area (Å²) >= 11 is 0. The zero-order valence-corrected chi connectivity index (χ0v) is 19.6. The molecule has 5 atom stereocenters. The fourth-order valence-electron chi connectivity index (χ4n) is 6.47. The van der Waals surface area contributed by atoms with Gasteiger partial charge in [0.1, 0.15) is 0 Å². The predicted octanol–water partition coefficient (Wildman–Crippen LogP) is 4.66. The second-order valence-corrected chi connectivity index (χ2v) is 9.89. The topological polar surface area (TPSA) is 80.8 Å². The summed E-state index contributed by atoms with van der Waals surface area (Å²) in [6.07, 6.45) is 1.86. The van der Waals surface area contributed by atoms with Crippen LogP contribution in [-0.2, 0) is 14.3 Å². The van der Waals surface area contributed by atoms with Gasteiger partial charge in [-0.3, -0.25) is 19.3 Å². The van der Waals surface area contributed by atoms with Crippen molar-refractivity contribution in [3.8, 4) is 0 Å². The van der Waals surface area contributed by atoms with Crippen molar-refractivity contribution in [1.82, 2.24) is 0 Å². The summed E-state index contributed by atoms with van der Waals surface area (Å²) in [7, 11) is 0. The van der Waals surface area contributed by atoms with Crippen LogP contribution in [-0.4, -0.2) is 30.2 Å². The Morgan fingerprint density at radius 1 is 0.750 bits per heavy atom. The fraction of sp³-hybridized carbons (Fsp3) is 0.267. The summed E-state index contributed by atoms with van der Waals surface area (Å²) in [6.45, 7) is -0.359. The highest BCUT2D eigenvalue weighted by atomic mass is 16.5. The Morgan fingerprint density at radius 2 is 1.39 bits per heavy atom. The standard InChI is InChI=1S/C30H25NO5/c32-25(19-9-5-2-6-10-19)17-36-30(35)20-11-13-22(14-12-20)31-28(33)26-21-15-23(18-7-3-1-4-8-18)24(16-21)27(26)29(31)34/h1-14,21,23-24,26-27H,15-17H2/t21-,23+,24+,26+,27-/m0/s1. The molecule has 2 aliphatic carbocycles. The number of imide groups is 1. The van der Waals surface area contributed by atoms with Gasteiger partial charge >= 0.3 is 5.97 Å². The maximum absolute atomic E-state index is 13.5. The average molecular weight is 480 g/mol. The lowest BCUT2D eigenvalue weighted by Gasteiger charge is -2.28. The van der Waals surface area contributed by atoms with Crippen LogP contribution in [0, 0.1) is 23.7 Å². The van der Waals surface area contributed by atoms with Crippen LogP contribution in [0.2, 0.25) is 0 Å². The van der Waals surface area contributed by atoms with Gasteiger partial charge in [0, 0.05) is 5.56 Å². The lowest BCUT2D eigenvalue weighted by Crippen LogP contribution is -2.33. The van der Waals surface area contributed by atoms with Crippen molar-refractivity contribution in [2.24, 2.45) is 23.7 Å². The summed E-state index contributed by atoms with van der Waals surface area (Å²) in [5, 5.41) is 0. The summed E-state index contributed by atoms with van der Waals surface area (Å²) < 4.78 is 5.17. The first-order chi connectivity index (χ1) is 17.5. The summed E-state index contributed by atoms with van der Waals surface area (Å²) in [5.74, 6) is -1.01. The molecule has 36 heavy (non-hydrogen) atoms. The second-order valence-electron chi connectivity index (χ2n) is 9.89. The molecule has 1 heterocycles. The van der Waals surface area contributed by atoms with E-state index in [4.69, 9.17) is 4.74 Å². The number of nitrogens with zero attached hydrogens (tertiary/aromatic N) is 1. The van der Waals surface area contributed by atoms with E-state index in [0.717, 1.165) is 12.8 Å². The highest BCUT2D eigenvalue weighted by molar-refractivity contribution is 6.22. The van der Waals surface area contributed by atoms with Gasteiger partial charge < -0.3 is 4.74 Å². The van der Waals surface area contributed by atoms with Crippen molar-refractivity contribution in [1.29, 1.82) is 0 Å². The molecule has 3 fully saturated rings. The van der Waals surface area contributed by atoms with Crippen molar-refractivity contribution in [3.63, 3.8) is 0 Å². The number of hydrogen-bond acceptors (Lipinski definition) is 5. The van der Waals surface area contributed by atoms with Gasteiger partial charge in [-0.25, -0.2) is 4.79 Å². The van der Waals surface area contributed by atoms with Gasteiger partial charge in [-0.1, -0.05) is 60.7 Å². The number of Topliss-reactive ketones (excluding diaryl/α,β-unsaturated/α-hetero) is 1. The van der Waals surface area contributed by atoms with E-state index in [9.17, 15) is 19.2 Å². The molecule has 0 radical (unpaired) electrons. The fourth-order valence-corrected chi connectivity index (χ4v) is 6.47. The lowest BCUT2D eigenvalue weighted by molar-refractivity contribution is -0.123. The molecule has 6 rings (SSSR count). The van der Waals surface area contributed by atoms with Gasteiger partial charge in [0.2, 0.25) is 11.8 Å². The van der Waals surface area contributed by atoms with Gasteiger partial charge in [0.25, 0.3) is 0 Å². The van der Waals surface area contributed by atoms with E-state index in [0.29, 0.717) is 17.2 Å². The predicted molar refractivity (Wildman–Crippen MR) is 132 cm³/mol. The summed E-state index contributed by atoms with van der Waals surface area (Å²) in [4.78, 5) is 52.7. The quantitative estimate of drug-likeness (QED) is 0.292. The second kappa shape index (κ2) is 8.86. The van der Waals surface area contributed by atoms with Crippen molar-refractivity contribution >= 4 is 29.3 Å². The minimum Gasteiger partial charge on any atom is -0.454 e. The molecule has 6 nitrogen and oxygen atoms in total. The van der Waals surface area contributed by atoms with Gasteiger partial charge in [0.05, 0.1) is 23.1 Å². The summed E-state index contributed by atoms with van der Waals surface area (Å²) in [6, 6.07) is 25.2. The highest BCUT2D eigenvalue weighted by Gasteiger charge is 2.64. The molecule has 180 valence electrons. The Labute approximate surface area is 208 Å². The third-order valence-corrected chi connectivity index (χ3v) is 8.03. The Bertz CT molecular complexity index is 1330. The molecule has 0 N–H and O–H groups in total. The van der Waals surface area contributed by atoms with Gasteiger partial charge in [0.15, 0.2) is 12.4 Å². The minimum absolute atomic E-state index is 0.132. The molecule has 3 aromatic carbocycles. The zero-order chi connectivity index (χ0) is 24.8. The molecule has 2 amide bonds.